The van der Waals surface area contributed by atoms with Gasteiger partial charge in [0.05, 0.1) is 0 Å². The monoisotopic (exact) mass is 294 g/mol. The van der Waals surface area contributed by atoms with Gasteiger partial charge in [-0.2, -0.15) is 0 Å². The minimum Gasteiger partial charge on any atom is -0.399 e. The zero-order valence-electron chi connectivity index (χ0n) is 9.08. The molecule has 0 bridgehead atoms. The first-order valence-corrected chi connectivity index (χ1v) is 5.98. The van der Waals surface area contributed by atoms with Gasteiger partial charge in [0.25, 0.3) is 0 Å². The lowest BCUT2D eigenvalue weighted by molar-refractivity contribution is 0.626. The number of benzene rings is 2. The van der Waals surface area contributed by atoms with Crippen LogP contribution >= 0.6 is 15.9 Å². The molecular weight excluding hydrogens is 283 g/mol. The third-order valence-electron chi connectivity index (χ3n) is 2.37. The van der Waals surface area contributed by atoms with Crippen LogP contribution in [-0.4, -0.2) is 0 Å². The van der Waals surface area contributed by atoms with Gasteiger partial charge in [-0.3, -0.25) is 0 Å². The van der Waals surface area contributed by atoms with Crippen LogP contribution in [0.1, 0.15) is 5.56 Å². The molecule has 0 radical (unpaired) electrons. The molecule has 0 fully saturated rings. The molecule has 0 aliphatic heterocycles. The number of hydrogen-bond donors (Lipinski definition) is 2. The lowest BCUT2D eigenvalue weighted by Gasteiger charge is -2.09. The Morgan fingerprint density at radius 3 is 2.71 bits per heavy atom. The number of rotatable bonds is 3. The normalized spacial score (nSPS) is 10.2. The first-order chi connectivity index (χ1) is 8.15. The van der Waals surface area contributed by atoms with Crippen molar-refractivity contribution in [3.05, 3.63) is 58.3 Å². The highest BCUT2D eigenvalue weighted by Crippen LogP contribution is 2.25. The average Bonchev–Trinajstić information content (AvgIpc) is 2.28. The lowest BCUT2D eigenvalue weighted by Crippen LogP contribution is -2.00. The fourth-order valence-electron chi connectivity index (χ4n) is 1.52. The number of anilines is 2. The number of nitrogens with two attached hydrogens (primary N) is 1. The highest BCUT2D eigenvalue weighted by atomic mass is 79.9. The largest absolute Gasteiger partial charge is 0.399 e. The van der Waals surface area contributed by atoms with Crippen molar-refractivity contribution in [2.24, 2.45) is 0 Å². The Bertz CT molecular complexity index is 529. The first-order valence-electron chi connectivity index (χ1n) is 5.18. The van der Waals surface area contributed by atoms with Crippen molar-refractivity contribution < 1.29 is 4.39 Å². The van der Waals surface area contributed by atoms with Crippen LogP contribution < -0.4 is 11.1 Å². The maximum atomic E-state index is 13.0. The van der Waals surface area contributed by atoms with Crippen LogP contribution in [0.3, 0.4) is 0 Å². The summed E-state index contributed by atoms with van der Waals surface area (Å²) in [4.78, 5) is 0. The van der Waals surface area contributed by atoms with E-state index in [1.54, 1.807) is 6.07 Å². The van der Waals surface area contributed by atoms with Crippen molar-refractivity contribution in [3.63, 3.8) is 0 Å². The van der Waals surface area contributed by atoms with E-state index in [4.69, 9.17) is 5.73 Å². The van der Waals surface area contributed by atoms with Crippen LogP contribution in [0.2, 0.25) is 0 Å². The molecule has 0 atom stereocenters. The summed E-state index contributed by atoms with van der Waals surface area (Å²) < 4.78 is 13.9. The molecule has 0 amide bonds. The van der Waals surface area contributed by atoms with Gasteiger partial charge in [-0.15, -0.1) is 0 Å². The Morgan fingerprint density at radius 2 is 2.00 bits per heavy atom. The Morgan fingerprint density at radius 1 is 1.18 bits per heavy atom. The molecule has 0 heterocycles. The van der Waals surface area contributed by atoms with E-state index in [0.717, 1.165) is 15.7 Å². The summed E-state index contributed by atoms with van der Waals surface area (Å²) in [7, 11) is 0. The SMILES string of the molecule is Nc1ccc(NCc2cccc(F)c2)c(Br)c1. The maximum absolute atomic E-state index is 13.0. The molecule has 2 aromatic carbocycles. The summed E-state index contributed by atoms with van der Waals surface area (Å²) >= 11 is 3.42. The summed E-state index contributed by atoms with van der Waals surface area (Å²) in [5.74, 6) is -0.222. The van der Waals surface area contributed by atoms with Crippen LogP contribution in [-0.2, 0) is 6.54 Å². The van der Waals surface area contributed by atoms with Gasteiger partial charge in [-0.25, -0.2) is 4.39 Å². The van der Waals surface area contributed by atoms with Crippen LogP contribution in [0.15, 0.2) is 46.9 Å². The maximum Gasteiger partial charge on any atom is 0.123 e. The van der Waals surface area contributed by atoms with E-state index < -0.39 is 0 Å². The predicted molar refractivity (Wildman–Crippen MR) is 72.3 cm³/mol. The second-order valence-electron chi connectivity index (χ2n) is 3.72. The molecule has 17 heavy (non-hydrogen) atoms. The molecule has 2 nitrogen and oxygen atoms in total. The number of nitrogen functional groups attached to an aromatic ring is 1. The van der Waals surface area contributed by atoms with Crippen molar-refractivity contribution >= 4 is 27.3 Å². The molecule has 2 aromatic rings. The van der Waals surface area contributed by atoms with E-state index >= 15 is 0 Å². The third-order valence-corrected chi connectivity index (χ3v) is 3.02. The van der Waals surface area contributed by atoms with E-state index in [-0.39, 0.29) is 5.82 Å². The van der Waals surface area contributed by atoms with E-state index in [1.165, 1.54) is 12.1 Å². The van der Waals surface area contributed by atoms with Gasteiger partial charge in [0.15, 0.2) is 0 Å². The third kappa shape index (κ3) is 3.20. The topological polar surface area (TPSA) is 38.0 Å². The van der Waals surface area contributed by atoms with Gasteiger partial charge in [0.1, 0.15) is 5.82 Å². The molecule has 0 saturated carbocycles. The van der Waals surface area contributed by atoms with Crippen LogP contribution in [0.4, 0.5) is 15.8 Å². The fraction of sp³-hybridized carbons (Fsp3) is 0.0769. The number of halogens is 2. The molecule has 88 valence electrons. The fourth-order valence-corrected chi connectivity index (χ4v) is 2.06. The van der Waals surface area contributed by atoms with Crippen molar-refractivity contribution in [1.82, 2.24) is 0 Å². The highest BCUT2D eigenvalue weighted by molar-refractivity contribution is 9.10. The minimum atomic E-state index is -0.222. The molecule has 0 aliphatic carbocycles. The Kier molecular flexibility index (Phi) is 3.64. The Labute approximate surface area is 108 Å². The second kappa shape index (κ2) is 5.19. The lowest BCUT2D eigenvalue weighted by atomic mass is 10.2. The molecule has 0 saturated heterocycles. The van der Waals surface area contributed by atoms with Crippen LogP contribution in [0.5, 0.6) is 0 Å². The molecule has 2 rings (SSSR count). The molecule has 0 aliphatic rings. The second-order valence-corrected chi connectivity index (χ2v) is 4.58. The zero-order chi connectivity index (χ0) is 12.3. The summed E-state index contributed by atoms with van der Waals surface area (Å²) in [5, 5.41) is 3.21. The summed E-state index contributed by atoms with van der Waals surface area (Å²) in [5.41, 5.74) is 8.18. The molecule has 0 aromatic heterocycles. The zero-order valence-corrected chi connectivity index (χ0v) is 10.7. The highest BCUT2D eigenvalue weighted by Gasteiger charge is 2.00. The molecule has 0 unspecified atom stereocenters. The predicted octanol–water partition coefficient (Wildman–Crippen LogP) is 3.78. The van der Waals surface area contributed by atoms with Crippen molar-refractivity contribution in [2.45, 2.75) is 6.54 Å². The Hall–Kier alpha value is -1.55. The molecule has 3 N–H and O–H groups in total. The first kappa shape index (κ1) is 11.9. The minimum absolute atomic E-state index is 0.222. The quantitative estimate of drug-likeness (QED) is 0.846. The van der Waals surface area contributed by atoms with Gasteiger partial charge >= 0.3 is 0 Å². The van der Waals surface area contributed by atoms with Gasteiger partial charge in [0, 0.05) is 22.4 Å². The summed E-state index contributed by atoms with van der Waals surface area (Å²) in [6.45, 7) is 0.570. The number of hydrogen-bond acceptors (Lipinski definition) is 2. The van der Waals surface area contributed by atoms with Crippen LogP contribution in [0.25, 0.3) is 0 Å². The van der Waals surface area contributed by atoms with Gasteiger partial charge < -0.3 is 11.1 Å². The van der Waals surface area contributed by atoms with Crippen molar-refractivity contribution in [1.29, 1.82) is 0 Å². The van der Waals surface area contributed by atoms with Gasteiger partial charge in [0.2, 0.25) is 0 Å². The van der Waals surface area contributed by atoms with Gasteiger partial charge in [-0.05, 0) is 51.8 Å². The Balaban J connectivity index is 2.07. The van der Waals surface area contributed by atoms with Crippen molar-refractivity contribution in [3.8, 4) is 0 Å². The smallest absolute Gasteiger partial charge is 0.123 e. The molecular formula is C13H12BrFN2. The van der Waals surface area contributed by atoms with E-state index in [9.17, 15) is 4.39 Å². The van der Waals surface area contributed by atoms with Gasteiger partial charge in [-0.1, -0.05) is 12.1 Å². The van der Waals surface area contributed by atoms with Crippen LogP contribution in [0, 0.1) is 5.82 Å². The summed E-state index contributed by atoms with van der Waals surface area (Å²) in [6.07, 6.45) is 0. The van der Waals surface area contributed by atoms with E-state index in [1.807, 2.05) is 24.3 Å². The average molecular weight is 295 g/mol. The standard InChI is InChI=1S/C13H12BrFN2/c14-12-7-11(16)4-5-13(12)17-8-9-2-1-3-10(15)6-9/h1-7,17H,8,16H2. The van der Waals surface area contributed by atoms with Crippen molar-refractivity contribution in [2.75, 3.05) is 11.1 Å². The summed E-state index contributed by atoms with van der Waals surface area (Å²) in [6, 6.07) is 12.1. The number of nitrogens with one attached hydrogen (secondary N) is 1. The van der Waals surface area contributed by atoms with E-state index in [2.05, 4.69) is 21.2 Å². The van der Waals surface area contributed by atoms with E-state index in [0.29, 0.717) is 12.2 Å². The molecule has 4 heteroatoms. The molecule has 0 spiro atoms.